The summed E-state index contributed by atoms with van der Waals surface area (Å²) in [6.07, 6.45) is 4.06. The summed E-state index contributed by atoms with van der Waals surface area (Å²) in [7, 11) is 0. The molecule has 0 fully saturated rings. The van der Waals surface area contributed by atoms with Crippen molar-refractivity contribution in [2.24, 2.45) is 0 Å². The molecule has 0 amide bonds. The van der Waals surface area contributed by atoms with Crippen LogP contribution in [-0.2, 0) is 21.3 Å². The van der Waals surface area contributed by atoms with Gasteiger partial charge in [0.1, 0.15) is 0 Å². The third-order valence-electron chi connectivity index (χ3n) is 0.776. The summed E-state index contributed by atoms with van der Waals surface area (Å²) in [4.78, 5) is 0. The second-order valence-corrected chi connectivity index (χ2v) is 2.73. The zero-order chi connectivity index (χ0) is 5.11. The molecule has 44 valence electrons. The van der Waals surface area contributed by atoms with Gasteiger partial charge in [-0.25, -0.2) is 0 Å². The summed E-state index contributed by atoms with van der Waals surface area (Å²) in [5.41, 5.74) is 0. The summed E-state index contributed by atoms with van der Waals surface area (Å²) in [5.74, 6) is 0. The molecule has 0 unspecified atom stereocenters. The summed E-state index contributed by atoms with van der Waals surface area (Å²) in [5, 5.41) is 3.07. The maximum atomic E-state index is 3.07. The first-order valence-corrected chi connectivity index (χ1v) is 3.12. The van der Waals surface area contributed by atoms with Crippen LogP contribution in [0.3, 0.4) is 0 Å². The molecule has 0 spiro atoms. The van der Waals surface area contributed by atoms with Crippen LogP contribution in [0.2, 0.25) is 0 Å². The zero-order valence-electron chi connectivity index (χ0n) is 3.82. The first-order valence-electron chi connectivity index (χ1n) is 2.15. The minimum absolute atomic E-state index is 0.958. The van der Waals surface area contributed by atoms with Crippen molar-refractivity contribution in [2.75, 3.05) is 13.2 Å². The van der Waals surface area contributed by atoms with Gasteiger partial charge >= 0.3 is 55.4 Å². The van der Waals surface area contributed by atoms with E-state index in [1.54, 1.807) is 0 Å². The van der Waals surface area contributed by atoms with Crippen molar-refractivity contribution in [3.05, 3.63) is 12.3 Å². The van der Waals surface area contributed by atoms with E-state index in [2.05, 4.69) is 36.0 Å². The quantitative estimate of drug-likeness (QED) is 0.620. The molecule has 0 saturated heterocycles. The Labute approximate surface area is 55.8 Å². The summed E-state index contributed by atoms with van der Waals surface area (Å²) in [6.45, 7) is 2.01. The molecule has 0 radical (unpaired) electrons. The van der Waals surface area contributed by atoms with Crippen LogP contribution < -0.4 is 5.32 Å². The predicted molar refractivity (Wildman–Crippen MR) is 23.8 cm³/mol. The second-order valence-electron chi connectivity index (χ2n) is 1.36. The molecule has 0 aromatic heterocycles. The number of hydrogen-bond donors (Lipinski definition) is 1. The summed E-state index contributed by atoms with van der Waals surface area (Å²) < 4.78 is 2.14. The van der Waals surface area contributed by atoms with Crippen molar-refractivity contribution in [1.82, 2.24) is 8.62 Å². The van der Waals surface area contributed by atoms with Crippen LogP contribution in [-0.4, -0.2) is 16.5 Å². The SMILES string of the molecule is [Au][N]1CC=CNC1. The van der Waals surface area contributed by atoms with Gasteiger partial charge in [0.15, 0.2) is 0 Å². The van der Waals surface area contributed by atoms with Crippen LogP contribution in [0.5, 0.6) is 0 Å². The molecule has 1 aliphatic heterocycles. The minimum atomic E-state index is 0.958. The van der Waals surface area contributed by atoms with Gasteiger partial charge in [0, 0.05) is 0 Å². The molecule has 2 nitrogen and oxygen atoms in total. The van der Waals surface area contributed by atoms with E-state index in [1.165, 1.54) is 0 Å². The second kappa shape index (κ2) is 2.52. The van der Waals surface area contributed by atoms with Crippen LogP contribution in [0.1, 0.15) is 0 Å². The predicted octanol–water partition coefficient (Wildman–Crippen LogP) is -0.175. The monoisotopic (exact) mass is 280 g/mol. The molecule has 0 atom stereocenters. The maximum absolute atomic E-state index is 3.07. The Hall–Kier alpha value is 0.240. The molecule has 1 aliphatic rings. The zero-order valence-corrected chi connectivity index (χ0v) is 5.98. The van der Waals surface area contributed by atoms with E-state index in [4.69, 9.17) is 0 Å². The molecule has 0 saturated carbocycles. The first-order chi connectivity index (χ1) is 3.39. The number of nitrogens with one attached hydrogen (secondary N) is 1. The fourth-order valence-corrected chi connectivity index (χ4v) is 0.878. The van der Waals surface area contributed by atoms with Crippen LogP contribution in [0.15, 0.2) is 12.3 Å². The Balaban J connectivity index is 2.32. The van der Waals surface area contributed by atoms with Crippen molar-refractivity contribution in [3.8, 4) is 0 Å². The van der Waals surface area contributed by atoms with Crippen LogP contribution >= 0.6 is 0 Å². The summed E-state index contributed by atoms with van der Waals surface area (Å²) in [6, 6.07) is 0. The Morgan fingerprint density at radius 3 is 2.86 bits per heavy atom. The molecule has 3 heteroatoms. The van der Waals surface area contributed by atoms with E-state index < -0.39 is 0 Å². The topological polar surface area (TPSA) is 15.3 Å². The van der Waals surface area contributed by atoms with Gasteiger partial charge in [-0.1, -0.05) is 0 Å². The molecule has 0 bridgehead atoms. The molecule has 1 rings (SSSR count). The van der Waals surface area contributed by atoms with E-state index in [0.717, 1.165) is 13.2 Å². The molecule has 0 aromatic rings. The van der Waals surface area contributed by atoms with Crippen molar-refractivity contribution >= 4 is 0 Å². The first kappa shape index (κ1) is 5.38. The molecule has 1 N–H and O–H groups in total. The van der Waals surface area contributed by atoms with E-state index in [0.29, 0.717) is 0 Å². The van der Waals surface area contributed by atoms with Crippen LogP contribution in [0, 0.1) is 0 Å². The fraction of sp³-hybridized carbons (Fsp3) is 0.500. The molecule has 0 aliphatic carbocycles. The molecule has 1 heterocycles. The molecular weight excluding hydrogens is 273 g/mol. The van der Waals surface area contributed by atoms with Gasteiger partial charge in [-0.2, -0.15) is 0 Å². The number of hydrogen-bond acceptors (Lipinski definition) is 2. The van der Waals surface area contributed by atoms with Crippen molar-refractivity contribution in [1.29, 1.82) is 0 Å². The van der Waals surface area contributed by atoms with Gasteiger partial charge in [-0.05, 0) is 0 Å². The van der Waals surface area contributed by atoms with Crippen molar-refractivity contribution in [2.45, 2.75) is 0 Å². The van der Waals surface area contributed by atoms with Crippen LogP contribution in [0.25, 0.3) is 0 Å². The van der Waals surface area contributed by atoms with Gasteiger partial charge in [-0.15, -0.1) is 0 Å². The van der Waals surface area contributed by atoms with E-state index in [-0.39, 0.29) is 0 Å². The molecule has 7 heavy (non-hydrogen) atoms. The normalized spacial score (nSPS) is 22.0. The van der Waals surface area contributed by atoms with Crippen LogP contribution in [0.4, 0.5) is 0 Å². The van der Waals surface area contributed by atoms with Crippen molar-refractivity contribution in [3.63, 3.8) is 0 Å². The van der Waals surface area contributed by atoms with Gasteiger partial charge in [0.05, 0.1) is 0 Å². The molecule has 0 aromatic carbocycles. The molecular formula is C4H7AuN2. The Morgan fingerprint density at radius 2 is 2.57 bits per heavy atom. The Bertz CT molecular complexity index is 81.8. The third kappa shape index (κ3) is 1.65. The average molecular weight is 280 g/mol. The van der Waals surface area contributed by atoms with Gasteiger partial charge < -0.3 is 0 Å². The standard InChI is InChI=1S/C4H7N2.Au/c1-2-5-4-6-3-1;/h1-2,5H,3-4H2;/q-1;+1. The number of rotatable bonds is 0. The Morgan fingerprint density at radius 1 is 1.71 bits per heavy atom. The number of nitrogens with zero attached hydrogens (tertiary/aromatic N) is 1. The Kier molecular flexibility index (Phi) is 1.94. The van der Waals surface area contributed by atoms with Gasteiger partial charge in [0.25, 0.3) is 0 Å². The van der Waals surface area contributed by atoms with E-state index in [1.807, 2.05) is 6.20 Å². The van der Waals surface area contributed by atoms with E-state index in [9.17, 15) is 0 Å². The average Bonchev–Trinajstić information content (AvgIpc) is 1.69. The van der Waals surface area contributed by atoms with Crippen molar-refractivity contribution < 1.29 is 21.3 Å². The summed E-state index contributed by atoms with van der Waals surface area (Å²) >= 11 is 2.44. The van der Waals surface area contributed by atoms with E-state index >= 15 is 0 Å². The fourth-order valence-electron chi connectivity index (χ4n) is 0.452. The third-order valence-corrected chi connectivity index (χ3v) is 1.51. The van der Waals surface area contributed by atoms with Gasteiger partial charge in [0.2, 0.25) is 0 Å². The van der Waals surface area contributed by atoms with Gasteiger partial charge in [-0.3, -0.25) is 0 Å².